The van der Waals surface area contributed by atoms with Gasteiger partial charge in [0, 0.05) is 17.1 Å². The van der Waals surface area contributed by atoms with Crippen LogP contribution in [-0.2, 0) is 6.54 Å². The molecule has 2 aromatic rings. The Hall–Kier alpha value is -1.16. The summed E-state index contributed by atoms with van der Waals surface area (Å²) in [7, 11) is 2.14. The van der Waals surface area contributed by atoms with Gasteiger partial charge in [-0.1, -0.05) is 58.4 Å². The van der Waals surface area contributed by atoms with Crippen molar-refractivity contribution >= 4 is 15.9 Å². The molecular formula is C17H21BrN2. The third kappa shape index (κ3) is 4.75. The molecule has 0 fully saturated rings. The van der Waals surface area contributed by atoms with Crippen LogP contribution in [-0.4, -0.2) is 18.5 Å². The zero-order chi connectivity index (χ0) is 14.4. The first kappa shape index (κ1) is 15.2. The van der Waals surface area contributed by atoms with Crippen molar-refractivity contribution in [1.29, 1.82) is 0 Å². The number of benzene rings is 2. The molecule has 0 bridgehead atoms. The van der Waals surface area contributed by atoms with Crippen molar-refractivity contribution in [2.75, 3.05) is 13.6 Å². The summed E-state index contributed by atoms with van der Waals surface area (Å²) >= 11 is 3.51. The molecule has 0 amide bonds. The molecule has 0 saturated heterocycles. The molecular weight excluding hydrogens is 312 g/mol. The minimum atomic E-state index is 0.112. The van der Waals surface area contributed by atoms with E-state index in [1.165, 1.54) is 11.1 Å². The minimum Gasteiger partial charge on any atom is -0.324 e. The Morgan fingerprint density at radius 3 is 2.55 bits per heavy atom. The molecule has 2 N–H and O–H groups in total. The Morgan fingerprint density at radius 2 is 1.85 bits per heavy atom. The minimum absolute atomic E-state index is 0.112. The van der Waals surface area contributed by atoms with Crippen LogP contribution in [0.2, 0.25) is 0 Å². The van der Waals surface area contributed by atoms with E-state index in [2.05, 4.69) is 64.3 Å². The molecule has 0 heterocycles. The number of nitrogens with zero attached hydrogens (tertiary/aromatic N) is 1. The van der Waals surface area contributed by atoms with Crippen molar-refractivity contribution in [1.82, 2.24) is 4.90 Å². The van der Waals surface area contributed by atoms with Crippen LogP contribution < -0.4 is 5.73 Å². The first-order valence-corrected chi connectivity index (χ1v) is 7.68. The van der Waals surface area contributed by atoms with Crippen LogP contribution in [0.25, 0.3) is 0 Å². The molecule has 106 valence electrons. The van der Waals surface area contributed by atoms with Gasteiger partial charge in [-0.3, -0.25) is 0 Å². The second kappa shape index (κ2) is 7.58. The van der Waals surface area contributed by atoms with Crippen LogP contribution in [0.5, 0.6) is 0 Å². The SMILES string of the molecule is CN(CCC(N)c1ccccc1)Cc1cccc(Br)c1. The standard InChI is InChI=1S/C17H21BrN2/c1-20(13-14-6-5-9-16(18)12-14)11-10-17(19)15-7-3-2-4-8-15/h2-9,12,17H,10-11,13,19H2,1H3. The Kier molecular flexibility index (Phi) is 5.77. The number of hydrogen-bond donors (Lipinski definition) is 1. The van der Waals surface area contributed by atoms with Gasteiger partial charge in [0.25, 0.3) is 0 Å². The van der Waals surface area contributed by atoms with Gasteiger partial charge in [-0.25, -0.2) is 0 Å². The molecule has 0 spiro atoms. The number of hydrogen-bond acceptors (Lipinski definition) is 2. The van der Waals surface area contributed by atoms with Gasteiger partial charge in [0.2, 0.25) is 0 Å². The largest absolute Gasteiger partial charge is 0.324 e. The first-order chi connectivity index (χ1) is 9.65. The smallest absolute Gasteiger partial charge is 0.0307 e. The first-order valence-electron chi connectivity index (χ1n) is 6.88. The van der Waals surface area contributed by atoms with E-state index in [0.29, 0.717) is 0 Å². The fourth-order valence-corrected chi connectivity index (χ4v) is 2.70. The lowest BCUT2D eigenvalue weighted by molar-refractivity contribution is 0.311. The number of nitrogens with two attached hydrogens (primary N) is 1. The quantitative estimate of drug-likeness (QED) is 0.867. The lowest BCUT2D eigenvalue weighted by atomic mass is 10.0. The second-order valence-electron chi connectivity index (χ2n) is 5.17. The highest BCUT2D eigenvalue weighted by molar-refractivity contribution is 9.10. The normalized spacial score (nSPS) is 12.6. The zero-order valence-electron chi connectivity index (χ0n) is 11.8. The van der Waals surface area contributed by atoms with Crippen LogP contribution >= 0.6 is 15.9 Å². The summed E-state index contributed by atoms with van der Waals surface area (Å²) in [5, 5.41) is 0. The van der Waals surface area contributed by atoms with Crippen LogP contribution in [0.3, 0.4) is 0 Å². The van der Waals surface area contributed by atoms with E-state index in [0.717, 1.165) is 24.0 Å². The van der Waals surface area contributed by atoms with Crippen molar-refractivity contribution < 1.29 is 0 Å². The van der Waals surface area contributed by atoms with E-state index in [1.807, 2.05) is 18.2 Å². The molecule has 0 aliphatic rings. The molecule has 1 atom stereocenters. The van der Waals surface area contributed by atoms with Gasteiger partial charge in [-0.05, 0) is 43.3 Å². The molecule has 1 unspecified atom stereocenters. The van der Waals surface area contributed by atoms with Crippen LogP contribution in [0.15, 0.2) is 59.1 Å². The van der Waals surface area contributed by atoms with Gasteiger partial charge in [0.15, 0.2) is 0 Å². The Morgan fingerprint density at radius 1 is 1.10 bits per heavy atom. The molecule has 2 nitrogen and oxygen atoms in total. The summed E-state index contributed by atoms with van der Waals surface area (Å²) in [5.41, 5.74) is 8.75. The van der Waals surface area contributed by atoms with E-state index in [9.17, 15) is 0 Å². The van der Waals surface area contributed by atoms with Crippen molar-refractivity contribution in [3.8, 4) is 0 Å². The maximum absolute atomic E-state index is 6.23. The average molecular weight is 333 g/mol. The maximum Gasteiger partial charge on any atom is 0.0307 e. The topological polar surface area (TPSA) is 29.3 Å². The summed E-state index contributed by atoms with van der Waals surface area (Å²) in [5.74, 6) is 0. The van der Waals surface area contributed by atoms with Crippen LogP contribution in [0.4, 0.5) is 0 Å². The van der Waals surface area contributed by atoms with Gasteiger partial charge in [-0.2, -0.15) is 0 Å². The van der Waals surface area contributed by atoms with Gasteiger partial charge in [-0.15, -0.1) is 0 Å². The lowest BCUT2D eigenvalue weighted by Crippen LogP contribution is -2.23. The molecule has 3 heteroatoms. The lowest BCUT2D eigenvalue weighted by Gasteiger charge is -2.19. The molecule has 0 aromatic heterocycles. The third-order valence-corrected chi connectivity index (χ3v) is 3.88. The molecule has 2 rings (SSSR count). The Labute approximate surface area is 129 Å². The predicted molar refractivity (Wildman–Crippen MR) is 88.5 cm³/mol. The molecule has 0 saturated carbocycles. The average Bonchev–Trinajstić information content (AvgIpc) is 2.46. The van der Waals surface area contributed by atoms with Crippen molar-refractivity contribution in [3.63, 3.8) is 0 Å². The van der Waals surface area contributed by atoms with Gasteiger partial charge in [0.1, 0.15) is 0 Å². The highest BCUT2D eigenvalue weighted by atomic mass is 79.9. The van der Waals surface area contributed by atoms with Gasteiger partial charge >= 0.3 is 0 Å². The Bertz CT molecular complexity index is 528. The summed E-state index contributed by atoms with van der Waals surface area (Å²) in [6.45, 7) is 1.93. The highest BCUT2D eigenvalue weighted by Gasteiger charge is 2.07. The number of halogens is 1. The molecule has 0 radical (unpaired) electrons. The maximum atomic E-state index is 6.23. The zero-order valence-corrected chi connectivity index (χ0v) is 13.4. The van der Waals surface area contributed by atoms with Gasteiger partial charge in [0.05, 0.1) is 0 Å². The van der Waals surface area contributed by atoms with E-state index < -0.39 is 0 Å². The van der Waals surface area contributed by atoms with Crippen LogP contribution in [0.1, 0.15) is 23.6 Å². The predicted octanol–water partition coefficient (Wildman–Crippen LogP) is 3.97. The van der Waals surface area contributed by atoms with E-state index in [1.54, 1.807) is 0 Å². The van der Waals surface area contributed by atoms with Gasteiger partial charge < -0.3 is 10.6 Å². The monoisotopic (exact) mass is 332 g/mol. The number of rotatable bonds is 6. The van der Waals surface area contributed by atoms with Crippen molar-refractivity contribution in [3.05, 3.63) is 70.2 Å². The molecule has 0 aliphatic carbocycles. The summed E-state index contributed by atoms with van der Waals surface area (Å²) in [4.78, 5) is 2.31. The molecule has 0 aliphatic heterocycles. The fourth-order valence-electron chi connectivity index (χ4n) is 2.25. The highest BCUT2D eigenvalue weighted by Crippen LogP contribution is 2.16. The Balaban J connectivity index is 1.82. The summed E-state index contributed by atoms with van der Waals surface area (Å²) in [6.07, 6.45) is 0.967. The molecule has 20 heavy (non-hydrogen) atoms. The van der Waals surface area contributed by atoms with Crippen molar-refractivity contribution in [2.24, 2.45) is 5.73 Å². The third-order valence-electron chi connectivity index (χ3n) is 3.39. The van der Waals surface area contributed by atoms with Crippen molar-refractivity contribution in [2.45, 2.75) is 19.0 Å². The summed E-state index contributed by atoms with van der Waals surface area (Å²) in [6, 6.07) is 18.8. The fraction of sp³-hybridized carbons (Fsp3) is 0.294. The summed E-state index contributed by atoms with van der Waals surface area (Å²) < 4.78 is 1.13. The van der Waals surface area contributed by atoms with E-state index in [4.69, 9.17) is 5.73 Å². The van der Waals surface area contributed by atoms with Crippen LogP contribution in [0, 0.1) is 0 Å². The molecule has 2 aromatic carbocycles. The van der Waals surface area contributed by atoms with E-state index >= 15 is 0 Å². The van der Waals surface area contributed by atoms with E-state index in [-0.39, 0.29) is 6.04 Å². The second-order valence-corrected chi connectivity index (χ2v) is 6.09.